The maximum Gasteiger partial charge on any atom is 0.262 e. The highest BCUT2D eigenvalue weighted by atomic mass is 35.5. The van der Waals surface area contributed by atoms with Gasteiger partial charge in [-0.25, -0.2) is 0 Å². The van der Waals surface area contributed by atoms with E-state index in [1.165, 1.54) is 11.1 Å². The zero-order valence-corrected chi connectivity index (χ0v) is 14.7. The van der Waals surface area contributed by atoms with Crippen LogP contribution in [0.15, 0.2) is 36.4 Å². The fourth-order valence-corrected chi connectivity index (χ4v) is 2.64. The molecule has 0 radical (unpaired) electrons. The maximum atomic E-state index is 12.0. The van der Waals surface area contributed by atoms with Crippen molar-refractivity contribution in [1.82, 2.24) is 0 Å². The van der Waals surface area contributed by atoms with Crippen LogP contribution in [0.4, 0.5) is 5.69 Å². The summed E-state index contributed by atoms with van der Waals surface area (Å²) in [6.45, 7) is 8.20. The van der Waals surface area contributed by atoms with Crippen molar-refractivity contribution >= 4 is 23.2 Å². The number of rotatable bonds is 5. The Hall–Kier alpha value is -2.00. The number of amides is 1. The van der Waals surface area contributed by atoms with E-state index in [9.17, 15) is 4.79 Å². The van der Waals surface area contributed by atoms with Crippen LogP contribution < -0.4 is 10.1 Å². The molecule has 1 N–H and O–H groups in total. The number of carbonyl (C=O) groups excluding carboxylic acids is 1. The summed E-state index contributed by atoms with van der Waals surface area (Å²) >= 11 is 6.05. The molecule has 0 aromatic heterocycles. The van der Waals surface area contributed by atoms with Gasteiger partial charge in [0.1, 0.15) is 5.75 Å². The second-order valence-electron chi connectivity index (χ2n) is 5.92. The van der Waals surface area contributed by atoms with Gasteiger partial charge in [0.05, 0.1) is 0 Å². The fourth-order valence-electron chi connectivity index (χ4n) is 2.46. The summed E-state index contributed by atoms with van der Waals surface area (Å²) in [5.41, 5.74) is 4.01. The van der Waals surface area contributed by atoms with Gasteiger partial charge in [0, 0.05) is 10.7 Å². The van der Waals surface area contributed by atoms with E-state index in [4.69, 9.17) is 16.3 Å². The first-order chi connectivity index (χ1) is 10.9. The van der Waals surface area contributed by atoms with E-state index in [0.29, 0.717) is 22.4 Å². The summed E-state index contributed by atoms with van der Waals surface area (Å²) in [6.07, 6.45) is 0. The first-order valence-corrected chi connectivity index (χ1v) is 8.04. The molecule has 0 heterocycles. The quantitative estimate of drug-likeness (QED) is 0.828. The van der Waals surface area contributed by atoms with Crippen molar-refractivity contribution in [3.8, 4) is 5.75 Å². The predicted molar refractivity (Wildman–Crippen MR) is 95.6 cm³/mol. The number of aryl methyl sites for hydroxylation is 1. The lowest BCUT2D eigenvalue weighted by Gasteiger charge is -2.13. The summed E-state index contributed by atoms with van der Waals surface area (Å²) in [5, 5.41) is 3.45. The summed E-state index contributed by atoms with van der Waals surface area (Å²) in [6, 6.07) is 11.3. The Labute approximate surface area is 142 Å². The number of ether oxygens (including phenoxy) is 1. The molecule has 3 nitrogen and oxygen atoms in total. The normalized spacial score (nSPS) is 10.7. The molecular weight excluding hydrogens is 310 g/mol. The van der Waals surface area contributed by atoms with Crippen LogP contribution in [0, 0.1) is 13.8 Å². The van der Waals surface area contributed by atoms with Gasteiger partial charge in [-0.3, -0.25) is 4.79 Å². The van der Waals surface area contributed by atoms with Crippen LogP contribution >= 0.6 is 11.6 Å². The van der Waals surface area contributed by atoms with Crippen molar-refractivity contribution in [2.75, 3.05) is 11.9 Å². The molecule has 0 atom stereocenters. The summed E-state index contributed by atoms with van der Waals surface area (Å²) in [4.78, 5) is 12.0. The Kier molecular flexibility index (Phi) is 5.67. The van der Waals surface area contributed by atoms with Crippen LogP contribution in [0.1, 0.15) is 36.5 Å². The van der Waals surface area contributed by atoms with Crippen LogP contribution in [0.3, 0.4) is 0 Å². The van der Waals surface area contributed by atoms with Gasteiger partial charge in [-0.1, -0.05) is 37.6 Å². The lowest BCUT2D eigenvalue weighted by atomic mass is 9.98. The highest BCUT2D eigenvalue weighted by molar-refractivity contribution is 6.31. The number of anilines is 1. The molecule has 2 aromatic rings. The monoisotopic (exact) mass is 331 g/mol. The number of nitrogens with one attached hydrogen (secondary N) is 1. The Morgan fingerprint density at radius 3 is 2.61 bits per heavy atom. The highest BCUT2D eigenvalue weighted by Crippen LogP contribution is 2.24. The van der Waals surface area contributed by atoms with E-state index in [0.717, 1.165) is 5.56 Å². The average Bonchev–Trinajstić information content (AvgIpc) is 2.49. The first-order valence-electron chi connectivity index (χ1n) is 7.66. The maximum absolute atomic E-state index is 12.0. The average molecular weight is 332 g/mol. The van der Waals surface area contributed by atoms with Crippen LogP contribution in [-0.2, 0) is 4.79 Å². The molecule has 0 saturated carbocycles. The summed E-state index contributed by atoms with van der Waals surface area (Å²) in [5.74, 6) is 0.962. The molecule has 0 aliphatic carbocycles. The molecule has 122 valence electrons. The highest BCUT2D eigenvalue weighted by Gasteiger charge is 2.09. The van der Waals surface area contributed by atoms with Gasteiger partial charge in [-0.2, -0.15) is 0 Å². The molecule has 0 bridgehead atoms. The van der Waals surface area contributed by atoms with Crippen LogP contribution in [0.25, 0.3) is 0 Å². The van der Waals surface area contributed by atoms with Gasteiger partial charge in [0.25, 0.3) is 5.91 Å². The topological polar surface area (TPSA) is 38.3 Å². The second kappa shape index (κ2) is 7.51. The Balaban J connectivity index is 1.97. The van der Waals surface area contributed by atoms with Gasteiger partial charge in [0.2, 0.25) is 0 Å². The van der Waals surface area contributed by atoms with Gasteiger partial charge in [-0.15, -0.1) is 0 Å². The third-order valence-electron chi connectivity index (χ3n) is 3.77. The van der Waals surface area contributed by atoms with Gasteiger partial charge in [-0.05, 0) is 60.7 Å². The number of carbonyl (C=O) groups is 1. The van der Waals surface area contributed by atoms with E-state index >= 15 is 0 Å². The van der Waals surface area contributed by atoms with Crippen LogP contribution in [-0.4, -0.2) is 12.5 Å². The lowest BCUT2D eigenvalue weighted by Crippen LogP contribution is -2.20. The van der Waals surface area contributed by atoms with E-state index < -0.39 is 0 Å². The van der Waals surface area contributed by atoms with Crippen LogP contribution in [0.5, 0.6) is 5.75 Å². The van der Waals surface area contributed by atoms with Gasteiger partial charge >= 0.3 is 0 Å². The second-order valence-corrected chi connectivity index (χ2v) is 6.33. The predicted octanol–water partition coefficient (Wildman–Crippen LogP) is 5.10. The molecule has 2 aromatic carbocycles. The zero-order chi connectivity index (χ0) is 17.0. The SMILES string of the molecule is Cc1cc(OCC(=O)Nc2cccc(Cl)c2C)ccc1C(C)C. The van der Waals surface area contributed by atoms with Crippen molar-refractivity contribution in [3.05, 3.63) is 58.1 Å². The number of hydrogen-bond donors (Lipinski definition) is 1. The summed E-state index contributed by atoms with van der Waals surface area (Å²) < 4.78 is 5.58. The number of halogens is 1. The molecule has 2 rings (SSSR count). The molecule has 0 aliphatic rings. The van der Waals surface area contributed by atoms with E-state index in [-0.39, 0.29) is 12.5 Å². The third-order valence-corrected chi connectivity index (χ3v) is 4.18. The molecule has 0 fully saturated rings. The third kappa shape index (κ3) is 4.49. The largest absolute Gasteiger partial charge is 0.484 e. The minimum Gasteiger partial charge on any atom is -0.484 e. The minimum atomic E-state index is -0.207. The van der Waals surface area contributed by atoms with E-state index in [2.05, 4.69) is 26.1 Å². The van der Waals surface area contributed by atoms with Crippen molar-refractivity contribution in [2.24, 2.45) is 0 Å². The van der Waals surface area contributed by atoms with Crippen molar-refractivity contribution in [3.63, 3.8) is 0 Å². The fraction of sp³-hybridized carbons (Fsp3) is 0.316. The van der Waals surface area contributed by atoms with Crippen molar-refractivity contribution in [2.45, 2.75) is 33.6 Å². The first kappa shape index (κ1) is 17.4. The molecule has 0 unspecified atom stereocenters. The van der Waals surface area contributed by atoms with Gasteiger partial charge < -0.3 is 10.1 Å². The molecule has 1 amide bonds. The molecular formula is C19H22ClNO2. The summed E-state index contributed by atoms with van der Waals surface area (Å²) in [7, 11) is 0. The molecule has 0 spiro atoms. The number of hydrogen-bond acceptors (Lipinski definition) is 2. The standard InChI is InChI=1S/C19H22ClNO2/c1-12(2)16-9-8-15(10-13(16)3)23-11-19(22)21-18-7-5-6-17(20)14(18)4/h5-10,12H,11H2,1-4H3,(H,21,22). The Morgan fingerprint density at radius 2 is 1.96 bits per heavy atom. The lowest BCUT2D eigenvalue weighted by molar-refractivity contribution is -0.118. The van der Waals surface area contributed by atoms with Crippen molar-refractivity contribution < 1.29 is 9.53 Å². The number of benzene rings is 2. The zero-order valence-electron chi connectivity index (χ0n) is 13.9. The van der Waals surface area contributed by atoms with Crippen molar-refractivity contribution in [1.29, 1.82) is 0 Å². The van der Waals surface area contributed by atoms with E-state index in [1.807, 2.05) is 31.2 Å². The van der Waals surface area contributed by atoms with E-state index in [1.54, 1.807) is 12.1 Å². The Morgan fingerprint density at radius 1 is 1.22 bits per heavy atom. The minimum absolute atomic E-state index is 0.0353. The molecule has 0 saturated heterocycles. The molecule has 4 heteroatoms. The van der Waals surface area contributed by atoms with Gasteiger partial charge in [0.15, 0.2) is 6.61 Å². The Bertz CT molecular complexity index is 711. The van der Waals surface area contributed by atoms with Crippen LogP contribution in [0.2, 0.25) is 5.02 Å². The molecule has 23 heavy (non-hydrogen) atoms. The smallest absolute Gasteiger partial charge is 0.262 e. The molecule has 0 aliphatic heterocycles.